The fraction of sp³-hybridized carbons (Fsp3) is 0.158. The molecular formula is C19H17N5O3S. The van der Waals surface area contributed by atoms with Gasteiger partial charge in [-0.2, -0.15) is 0 Å². The third-order valence-electron chi connectivity index (χ3n) is 4.17. The third kappa shape index (κ3) is 3.56. The lowest BCUT2D eigenvalue weighted by molar-refractivity contribution is -0.113. The molecule has 142 valence electrons. The molecule has 2 heterocycles. The minimum Gasteiger partial charge on any atom is -0.507 e. The highest BCUT2D eigenvalue weighted by atomic mass is 32.2. The number of phenols is 1. The molecule has 2 N–H and O–H groups in total. The lowest BCUT2D eigenvalue weighted by Crippen LogP contribution is -2.14. The smallest absolute Gasteiger partial charge is 0.236 e. The number of hydrogen-bond acceptors (Lipinski definition) is 7. The van der Waals surface area contributed by atoms with Gasteiger partial charge in [-0.3, -0.25) is 4.79 Å². The molecule has 0 saturated carbocycles. The highest BCUT2D eigenvalue weighted by Gasteiger charge is 2.16. The Balaban J connectivity index is 1.51. The van der Waals surface area contributed by atoms with Crippen LogP contribution in [0.2, 0.25) is 0 Å². The Morgan fingerprint density at radius 3 is 2.68 bits per heavy atom. The number of phenolic OH excluding ortho intramolecular Hbond substituents is 1. The van der Waals surface area contributed by atoms with Crippen LogP contribution in [-0.2, 0) is 11.8 Å². The first-order valence-electron chi connectivity index (χ1n) is 8.49. The number of benzene rings is 2. The van der Waals surface area contributed by atoms with Crippen molar-refractivity contribution in [3.63, 3.8) is 0 Å². The second kappa shape index (κ2) is 7.35. The monoisotopic (exact) mass is 395 g/mol. The molecule has 0 fully saturated rings. The Labute approximate surface area is 164 Å². The van der Waals surface area contributed by atoms with Crippen molar-refractivity contribution in [2.24, 2.45) is 7.05 Å². The van der Waals surface area contributed by atoms with Gasteiger partial charge in [0.15, 0.2) is 16.8 Å². The van der Waals surface area contributed by atoms with E-state index in [1.54, 1.807) is 30.7 Å². The van der Waals surface area contributed by atoms with Crippen LogP contribution in [-0.4, -0.2) is 36.7 Å². The summed E-state index contributed by atoms with van der Waals surface area (Å²) in [4.78, 5) is 12.1. The SMILES string of the molecule is Cc1cc(NC(=O)CSc2nnc(-c3cc4ccccc4cc3O)n2C)no1. The first kappa shape index (κ1) is 18.1. The van der Waals surface area contributed by atoms with Gasteiger partial charge in [0, 0.05) is 13.1 Å². The van der Waals surface area contributed by atoms with Gasteiger partial charge in [-0.25, -0.2) is 0 Å². The first-order valence-corrected chi connectivity index (χ1v) is 9.47. The molecule has 2 aromatic heterocycles. The summed E-state index contributed by atoms with van der Waals surface area (Å²) < 4.78 is 6.67. The van der Waals surface area contributed by atoms with Crippen LogP contribution in [0.4, 0.5) is 5.82 Å². The van der Waals surface area contributed by atoms with Crippen molar-refractivity contribution in [3.05, 3.63) is 48.2 Å². The first-order chi connectivity index (χ1) is 13.5. The van der Waals surface area contributed by atoms with E-state index in [1.165, 1.54) is 11.8 Å². The Bertz CT molecular complexity index is 1170. The molecule has 0 radical (unpaired) electrons. The summed E-state index contributed by atoms with van der Waals surface area (Å²) in [6, 6.07) is 13.0. The molecule has 0 spiro atoms. The number of aryl methyl sites for hydroxylation is 1. The predicted molar refractivity (Wildman–Crippen MR) is 106 cm³/mol. The number of fused-ring (bicyclic) bond motifs is 1. The number of amides is 1. The van der Waals surface area contributed by atoms with Crippen molar-refractivity contribution < 1.29 is 14.4 Å². The zero-order chi connectivity index (χ0) is 19.7. The fourth-order valence-electron chi connectivity index (χ4n) is 2.82. The predicted octanol–water partition coefficient (Wildman–Crippen LogP) is 3.37. The van der Waals surface area contributed by atoms with Crippen LogP contribution in [0.3, 0.4) is 0 Å². The zero-order valence-corrected chi connectivity index (χ0v) is 16.0. The zero-order valence-electron chi connectivity index (χ0n) is 15.2. The Kier molecular flexibility index (Phi) is 4.74. The van der Waals surface area contributed by atoms with Crippen molar-refractivity contribution >= 4 is 34.3 Å². The van der Waals surface area contributed by atoms with E-state index in [9.17, 15) is 9.90 Å². The van der Waals surface area contributed by atoms with Gasteiger partial charge in [-0.05, 0) is 29.8 Å². The number of aromatic nitrogens is 4. The molecule has 0 aliphatic carbocycles. The van der Waals surface area contributed by atoms with Crippen LogP contribution in [0.15, 0.2) is 52.1 Å². The molecule has 8 nitrogen and oxygen atoms in total. The second-order valence-corrected chi connectivity index (χ2v) is 7.18. The number of anilines is 1. The molecule has 0 saturated heterocycles. The molecule has 4 rings (SSSR count). The lowest BCUT2D eigenvalue weighted by Gasteiger charge is -2.07. The van der Waals surface area contributed by atoms with E-state index < -0.39 is 0 Å². The largest absolute Gasteiger partial charge is 0.507 e. The summed E-state index contributed by atoms with van der Waals surface area (Å²) in [6.07, 6.45) is 0. The van der Waals surface area contributed by atoms with Gasteiger partial charge in [0.1, 0.15) is 11.5 Å². The standard InChI is InChI=1S/C19H17N5O3S/c1-11-7-16(23-27-11)20-17(26)10-28-19-22-21-18(24(19)2)14-8-12-5-3-4-6-13(12)9-15(14)25/h3-9,25H,10H2,1-2H3,(H,20,23,26). The average molecular weight is 395 g/mol. The minimum absolute atomic E-state index is 0.130. The highest BCUT2D eigenvalue weighted by Crippen LogP contribution is 2.33. The molecule has 0 aliphatic heterocycles. The Morgan fingerprint density at radius 2 is 1.96 bits per heavy atom. The second-order valence-electron chi connectivity index (χ2n) is 6.24. The van der Waals surface area contributed by atoms with Gasteiger partial charge in [0.25, 0.3) is 0 Å². The molecule has 2 aromatic carbocycles. The van der Waals surface area contributed by atoms with Crippen molar-refractivity contribution in [2.75, 3.05) is 11.1 Å². The summed E-state index contributed by atoms with van der Waals surface area (Å²) in [6.45, 7) is 1.75. The van der Waals surface area contributed by atoms with Crippen molar-refractivity contribution in [1.29, 1.82) is 0 Å². The van der Waals surface area contributed by atoms with Crippen LogP contribution < -0.4 is 5.32 Å². The van der Waals surface area contributed by atoms with Crippen LogP contribution >= 0.6 is 11.8 Å². The Morgan fingerprint density at radius 1 is 1.21 bits per heavy atom. The number of nitrogens with one attached hydrogen (secondary N) is 1. The van der Waals surface area contributed by atoms with Crippen LogP contribution in [0.1, 0.15) is 5.76 Å². The summed E-state index contributed by atoms with van der Waals surface area (Å²) in [5.41, 5.74) is 0.586. The summed E-state index contributed by atoms with van der Waals surface area (Å²) in [7, 11) is 1.80. The van der Waals surface area contributed by atoms with Gasteiger partial charge in [0.2, 0.25) is 5.91 Å². The van der Waals surface area contributed by atoms with E-state index >= 15 is 0 Å². The van der Waals surface area contributed by atoms with E-state index in [2.05, 4.69) is 20.7 Å². The maximum atomic E-state index is 12.1. The molecule has 0 aliphatic rings. The van der Waals surface area contributed by atoms with Gasteiger partial charge >= 0.3 is 0 Å². The summed E-state index contributed by atoms with van der Waals surface area (Å²) >= 11 is 1.24. The molecule has 9 heteroatoms. The van der Waals surface area contributed by atoms with Crippen molar-refractivity contribution in [3.8, 4) is 17.1 Å². The summed E-state index contributed by atoms with van der Waals surface area (Å²) in [5.74, 6) is 1.57. The molecule has 0 atom stereocenters. The number of rotatable bonds is 5. The number of thioether (sulfide) groups is 1. The quantitative estimate of drug-likeness (QED) is 0.499. The minimum atomic E-state index is -0.226. The van der Waals surface area contributed by atoms with Crippen molar-refractivity contribution in [2.45, 2.75) is 12.1 Å². The number of hydrogen-bond donors (Lipinski definition) is 2. The van der Waals surface area contributed by atoms with Gasteiger partial charge in [-0.15, -0.1) is 10.2 Å². The fourth-order valence-corrected chi connectivity index (χ4v) is 3.53. The highest BCUT2D eigenvalue weighted by molar-refractivity contribution is 7.99. The topological polar surface area (TPSA) is 106 Å². The molecule has 0 unspecified atom stereocenters. The van der Waals surface area contributed by atoms with Crippen LogP contribution in [0.25, 0.3) is 22.2 Å². The molecule has 1 amide bonds. The average Bonchev–Trinajstić information content (AvgIpc) is 3.25. The lowest BCUT2D eigenvalue weighted by atomic mass is 10.1. The van der Waals surface area contributed by atoms with Gasteiger partial charge in [0.05, 0.1) is 11.3 Å². The van der Waals surface area contributed by atoms with Crippen LogP contribution in [0.5, 0.6) is 5.75 Å². The molecular weight excluding hydrogens is 378 g/mol. The summed E-state index contributed by atoms with van der Waals surface area (Å²) in [5, 5.41) is 27.6. The maximum Gasteiger partial charge on any atom is 0.236 e. The van der Waals surface area contributed by atoms with Crippen LogP contribution in [0, 0.1) is 6.92 Å². The number of aromatic hydroxyl groups is 1. The van der Waals surface area contributed by atoms with E-state index in [0.29, 0.717) is 28.1 Å². The van der Waals surface area contributed by atoms with E-state index in [4.69, 9.17) is 4.52 Å². The van der Waals surface area contributed by atoms with E-state index in [0.717, 1.165) is 10.8 Å². The molecule has 0 bridgehead atoms. The Hall–Kier alpha value is -3.33. The van der Waals surface area contributed by atoms with Gasteiger partial charge < -0.3 is 19.5 Å². The normalized spacial score (nSPS) is 11.1. The van der Waals surface area contributed by atoms with Crippen molar-refractivity contribution in [1.82, 2.24) is 19.9 Å². The van der Waals surface area contributed by atoms with Gasteiger partial charge in [-0.1, -0.05) is 41.2 Å². The number of carbonyl (C=O) groups excluding carboxylic acids is 1. The van der Waals surface area contributed by atoms with E-state index in [1.807, 2.05) is 30.3 Å². The molecule has 28 heavy (non-hydrogen) atoms. The molecule has 4 aromatic rings. The maximum absolute atomic E-state index is 12.1. The van der Waals surface area contributed by atoms with E-state index in [-0.39, 0.29) is 17.4 Å². The number of nitrogens with zero attached hydrogens (tertiary/aromatic N) is 4. The third-order valence-corrected chi connectivity index (χ3v) is 5.19. The number of carbonyl (C=O) groups is 1.